The maximum absolute atomic E-state index is 12.3. The number of anilines is 1. The molecule has 2 aliphatic rings. The number of pyridine rings is 1. The molecule has 1 aliphatic heterocycles. The van der Waals surface area contributed by atoms with Gasteiger partial charge in [0.1, 0.15) is 0 Å². The number of nitrogens with one attached hydrogen (secondary N) is 3. The highest BCUT2D eigenvalue weighted by Crippen LogP contribution is 2.39. The van der Waals surface area contributed by atoms with Gasteiger partial charge in [0.2, 0.25) is 5.75 Å². The van der Waals surface area contributed by atoms with Crippen molar-refractivity contribution in [3.8, 4) is 22.8 Å². The molecule has 1 aromatic heterocycles. The molecule has 4 rings (SSSR count). The van der Waals surface area contributed by atoms with E-state index in [9.17, 15) is 14.7 Å². The molecule has 0 radical (unpaired) electrons. The van der Waals surface area contributed by atoms with Crippen LogP contribution in [0.5, 0.6) is 11.5 Å². The van der Waals surface area contributed by atoms with Gasteiger partial charge in [0, 0.05) is 22.9 Å². The first kappa shape index (κ1) is 21.0. The van der Waals surface area contributed by atoms with Crippen molar-refractivity contribution in [2.24, 2.45) is 0 Å². The molecule has 1 aliphatic carbocycles. The lowest BCUT2D eigenvalue weighted by molar-refractivity contribution is 0.142. The predicted molar refractivity (Wildman–Crippen MR) is 112 cm³/mol. The minimum Gasteiger partial charge on any atom is -0.504 e. The predicted octanol–water partition coefficient (Wildman–Crippen LogP) is 2.88. The van der Waals surface area contributed by atoms with Crippen molar-refractivity contribution in [1.82, 2.24) is 10.3 Å². The zero-order valence-corrected chi connectivity index (χ0v) is 16.6. The van der Waals surface area contributed by atoms with Crippen LogP contribution in [0.4, 0.5) is 10.5 Å². The molecule has 9 heteroatoms. The van der Waals surface area contributed by atoms with Crippen molar-refractivity contribution in [2.45, 2.75) is 38.1 Å². The summed E-state index contributed by atoms with van der Waals surface area (Å²) in [6.45, 7) is 2.02. The van der Waals surface area contributed by atoms with E-state index in [2.05, 4.69) is 26.4 Å². The van der Waals surface area contributed by atoms with Crippen LogP contribution in [-0.2, 0) is 12.8 Å². The Morgan fingerprint density at radius 3 is 2.69 bits per heavy atom. The second-order valence-electron chi connectivity index (χ2n) is 7.25. The zero-order valence-electron chi connectivity index (χ0n) is 15.8. The van der Waals surface area contributed by atoms with Crippen molar-refractivity contribution in [2.75, 3.05) is 18.4 Å². The molecule has 1 aromatic carbocycles. The summed E-state index contributed by atoms with van der Waals surface area (Å²) in [6.07, 6.45) is 2.59. The van der Waals surface area contributed by atoms with E-state index in [4.69, 9.17) is 5.11 Å². The maximum Gasteiger partial charge on any atom is 0.511 e. The summed E-state index contributed by atoms with van der Waals surface area (Å²) in [5, 5.41) is 26.2. The normalized spacial score (nSPS) is 16.0. The maximum atomic E-state index is 12.3. The van der Waals surface area contributed by atoms with Gasteiger partial charge in [0.05, 0.1) is 5.69 Å². The third-order valence-electron chi connectivity index (χ3n) is 5.39. The summed E-state index contributed by atoms with van der Waals surface area (Å²) in [5.74, 6) is -0.968. The summed E-state index contributed by atoms with van der Waals surface area (Å²) >= 11 is 0. The molecule has 0 amide bonds. The van der Waals surface area contributed by atoms with Gasteiger partial charge in [-0.1, -0.05) is 6.07 Å². The molecule has 2 aromatic rings. The summed E-state index contributed by atoms with van der Waals surface area (Å²) in [7, 11) is 0. The van der Waals surface area contributed by atoms with Crippen molar-refractivity contribution < 1.29 is 19.7 Å². The highest BCUT2D eigenvalue weighted by atomic mass is 35.5. The molecular weight excluding hydrogens is 398 g/mol. The minimum atomic E-state index is -1.64. The van der Waals surface area contributed by atoms with E-state index in [1.54, 1.807) is 0 Å². The molecule has 0 bridgehead atoms. The molecule has 0 spiro atoms. The van der Waals surface area contributed by atoms with Crippen LogP contribution in [0.3, 0.4) is 0 Å². The number of aryl methyl sites for hydroxylation is 1. The Kier molecular flexibility index (Phi) is 6.34. The van der Waals surface area contributed by atoms with Crippen LogP contribution in [0.2, 0.25) is 0 Å². The van der Waals surface area contributed by atoms with Gasteiger partial charge >= 0.3 is 6.16 Å². The summed E-state index contributed by atoms with van der Waals surface area (Å²) in [4.78, 5) is 25.8. The van der Waals surface area contributed by atoms with Crippen LogP contribution < -0.4 is 20.9 Å². The average molecular weight is 422 g/mol. The monoisotopic (exact) mass is 421 g/mol. The number of halogens is 1. The van der Waals surface area contributed by atoms with E-state index in [0.29, 0.717) is 23.7 Å². The van der Waals surface area contributed by atoms with E-state index >= 15 is 0 Å². The number of hydrogen-bond donors (Lipinski definition) is 5. The van der Waals surface area contributed by atoms with Crippen molar-refractivity contribution >= 4 is 24.2 Å². The van der Waals surface area contributed by atoms with Crippen LogP contribution in [-0.4, -0.2) is 40.5 Å². The van der Waals surface area contributed by atoms with E-state index < -0.39 is 23.2 Å². The number of hydrogen-bond acceptors (Lipinski definition) is 6. The molecule has 1 fully saturated rings. The topological polar surface area (TPSA) is 124 Å². The molecular formula is C20H24ClN3O5. The average Bonchev–Trinajstić information content (AvgIpc) is 2.85. The molecule has 29 heavy (non-hydrogen) atoms. The molecule has 0 unspecified atom stereocenters. The van der Waals surface area contributed by atoms with Gasteiger partial charge in [-0.3, -0.25) is 4.79 Å². The van der Waals surface area contributed by atoms with Gasteiger partial charge in [-0.2, -0.15) is 0 Å². The lowest BCUT2D eigenvalue weighted by Gasteiger charge is -2.25. The molecule has 1 saturated heterocycles. The molecule has 8 nitrogen and oxygen atoms in total. The van der Waals surface area contributed by atoms with Gasteiger partial charge < -0.3 is 30.6 Å². The quantitative estimate of drug-likeness (QED) is 0.483. The molecule has 0 atom stereocenters. The number of fused-ring (bicyclic) bond motifs is 3. The summed E-state index contributed by atoms with van der Waals surface area (Å²) in [5.41, 5.74) is 3.25. The van der Waals surface area contributed by atoms with Gasteiger partial charge in [0.15, 0.2) is 5.75 Å². The fourth-order valence-corrected chi connectivity index (χ4v) is 4.06. The number of ether oxygens (including phenoxy) is 1. The largest absolute Gasteiger partial charge is 0.511 e. The van der Waals surface area contributed by atoms with E-state index in [1.165, 1.54) is 0 Å². The van der Waals surface area contributed by atoms with Gasteiger partial charge in [-0.25, -0.2) is 4.79 Å². The van der Waals surface area contributed by atoms with Crippen LogP contribution in [0.25, 0.3) is 11.3 Å². The Morgan fingerprint density at radius 1 is 1.21 bits per heavy atom. The first-order chi connectivity index (χ1) is 13.5. The standard InChI is InChI=1S/C20H23N3O5.ClH/c24-17-15-3-1-2-11-10-13(22-12-6-8-21-9-7-12)4-5-14(11)16(15)23-19(25)18(17)28-20(26)27;/h4-5,10,12,21-22H,1-3,6-9H2,(H,26,27)(H2,23,24,25);1H. The third kappa shape index (κ3) is 4.33. The third-order valence-corrected chi connectivity index (χ3v) is 5.39. The van der Waals surface area contributed by atoms with Crippen LogP contribution >= 0.6 is 12.4 Å². The molecule has 5 N–H and O–H groups in total. The number of carboxylic acid groups (broad SMARTS) is 1. The first-order valence-electron chi connectivity index (χ1n) is 9.52. The summed E-state index contributed by atoms with van der Waals surface area (Å²) in [6, 6.07) is 6.46. The Hall–Kier alpha value is -2.71. The van der Waals surface area contributed by atoms with Gasteiger partial charge in [0.25, 0.3) is 5.56 Å². The lowest BCUT2D eigenvalue weighted by Crippen LogP contribution is -2.35. The minimum absolute atomic E-state index is 0. The smallest absolute Gasteiger partial charge is 0.504 e. The first-order valence-corrected chi connectivity index (χ1v) is 9.52. The van der Waals surface area contributed by atoms with E-state index in [0.717, 1.165) is 55.6 Å². The van der Waals surface area contributed by atoms with Crippen molar-refractivity contribution in [3.63, 3.8) is 0 Å². The fourth-order valence-electron chi connectivity index (χ4n) is 4.06. The molecule has 2 heterocycles. The Labute approximate surface area is 173 Å². The van der Waals surface area contributed by atoms with Crippen molar-refractivity contribution in [3.05, 3.63) is 39.7 Å². The number of H-pyrrole nitrogens is 1. The number of piperidine rings is 1. The summed E-state index contributed by atoms with van der Waals surface area (Å²) < 4.78 is 4.48. The van der Waals surface area contributed by atoms with Crippen molar-refractivity contribution in [1.29, 1.82) is 0 Å². The van der Waals surface area contributed by atoms with Crippen LogP contribution in [0, 0.1) is 0 Å². The molecule has 0 saturated carbocycles. The Morgan fingerprint density at radius 2 is 1.97 bits per heavy atom. The van der Waals surface area contributed by atoms with E-state index in [1.807, 2.05) is 12.1 Å². The van der Waals surface area contributed by atoms with Gasteiger partial charge in [-0.05, 0) is 62.9 Å². The number of rotatable bonds is 3. The fraction of sp³-hybridized carbons (Fsp3) is 0.400. The van der Waals surface area contributed by atoms with Crippen LogP contribution in [0.1, 0.15) is 30.4 Å². The highest BCUT2D eigenvalue weighted by molar-refractivity contribution is 5.85. The van der Waals surface area contributed by atoms with Crippen LogP contribution in [0.15, 0.2) is 23.0 Å². The Balaban J connectivity index is 0.00000240. The molecule has 156 valence electrons. The highest BCUT2D eigenvalue weighted by Gasteiger charge is 2.24. The second-order valence-corrected chi connectivity index (χ2v) is 7.25. The van der Waals surface area contributed by atoms with Gasteiger partial charge in [-0.15, -0.1) is 12.4 Å². The van der Waals surface area contributed by atoms with E-state index in [-0.39, 0.29) is 12.4 Å². The number of aromatic hydroxyl groups is 1. The number of aromatic amines is 1. The second kappa shape index (κ2) is 8.75. The SMILES string of the molecule is Cl.O=C(O)Oc1c(O)c2c([nH]c1=O)-c1ccc(NC3CCNCC3)cc1CCC2. The number of aromatic nitrogens is 1. The Bertz CT molecular complexity index is 969. The zero-order chi connectivity index (χ0) is 19.7. The number of carbonyl (C=O) groups is 1. The number of benzene rings is 1. The lowest BCUT2D eigenvalue weighted by atomic mass is 9.99.